The van der Waals surface area contributed by atoms with Crippen molar-refractivity contribution >= 4 is 18.5 Å². The molecule has 0 aliphatic rings. The molecule has 0 saturated heterocycles. The molecular weight excluding hydrogens is 394 g/mol. The summed E-state index contributed by atoms with van der Waals surface area (Å²) in [6, 6.07) is 7.42. The molecule has 0 radical (unpaired) electrons. The lowest BCUT2D eigenvalue weighted by molar-refractivity contribution is 0.0961. The summed E-state index contributed by atoms with van der Waals surface area (Å²) in [5, 5.41) is 5.89. The van der Waals surface area contributed by atoms with Crippen molar-refractivity contribution in [3.63, 3.8) is 0 Å². The summed E-state index contributed by atoms with van der Waals surface area (Å²) < 4.78 is 5.38. The summed E-state index contributed by atoms with van der Waals surface area (Å²) in [5.41, 5.74) is 3.30. The minimum atomic E-state index is -0.0787. The Morgan fingerprint density at radius 2 is 1.73 bits per heavy atom. The molecule has 5 nitrogen and oxygen atoms in total. The quantitative estimate of drug-likeness (QED) is 0.244. The topological polar surface area (TPSA) is 53.6 Å². The van der Waals surface area contributed by atoms with Gasteiger partial charge in [-0.25, -0.2) is 0 Å². The van der Waals surface area contributed by atoms with Crippen molar-refractivity contribution in [3.8, 4) is 12.8 Å². The Kier molecular flexibility index (Phi) is 16.7. The first-order chi connectivity index (χ1) is 14.1. The number of terminal acetylenes is 1. The molecule has 1 aromatic carbocycles. The Labute approximate surface area is 190 Å². The number of benzene rings is 1. The number of carbonyl (C=O) groups excluding carboxylic acids is 1. The number of nitrogens with one attached hydrogen (secondary N) is 2. The van der Waals surface area contributed by atoms with Crippen molar-refractivity contribution in [2.24, 2.45) is 0 Å². The lowest BCUT2D eigenvalue weighted by Gasteiger charge is -2.36. The molecule has 0 fully saturated rings. The number of carbonyl (C=O) groups is 1. The highest BCUT2D eigenvalue weighted by molar-refractivity contribution is 7.80. The number of hydrogen-bond donors (Lipinski definition) is 3. The largest absolute Gasteiger partial charge is 0.381 e. The lowest BCUT2D eigenvalue weighted by Crippen LogP contribution is -2.41. The highest BCUT2D eigenvalue weighted by Crippen LogP contribution is 2.19. The number of aryl methyl sites for hydroxylation is 1. The van der Waals surface area contributed by atoms with E-state index < -0.39 is 0 Å². The monoisotopic (exact) mass is 435 g/mol. The van der Waals surface area contributed by atoms with Crippen LogP contribution in [0.1, 0.15) is 57.0 Å². The number of rotatable bonds is 8. The van der Waals surface area contributed by atoms with Gasteiger partial charge in [0, 0.05) is 31.8 Å². The van der Waals surface area contributed by atoms with Gasteiger partial charge >= 0.3 is 0 Å². The van der Waals surface area contributed by atoms with Crippen molar-refractivity contribution in [1.82, 2.24) is 15.5 Å². The molecule has 0 atom stereocenters. The van der Waals surface area contributed by atoms with Crippen molar-refractivity contribution in [2.45, 2.75) is 53.5 Å². The van der Waals surface area contributed by atoms with Gasteiger partial charge in [0.25, 0.3) is 5.91 Å². The fourth-order valence-electron chi connectivity index (χ4n) is 2.37. The van der Waals surface area contributed by atoms with Crippen LogP contribution in [0.4, 0.5) is 0 Å². The second-order valence-electron chi connectivity index (χ2n) is 7.59. The van der Waals surface area contributed by atoms with Crippen molar-refractivity contribution in [2.75, 3.05) is 33.2 Å². The van der Waals surface area contributed by atoms with E-state index in [1.807, 2.05) is 33.0 Å². The predicted octanol–water partition coefficient (Wildman–Crippen LogP) is 4.46. The molecule has 0 spiro atoms. The number of thiol groups is 1. The smallest absolute Gasteiger partial charge is 0.251 e. The van der Waals surface area contributed by atoms with Crippen LogP contribution in [0.3, 0.4) is 0 Å². The first kappa shape index (κ1) is 30.1. The van der Waals surface area contributed by atoms with Crippen molar-refractivity contribution in [1.29, 1.82) is 0 Å². The molecule has 0 unspecified atom stereocenters. The van der Waals surface area contributed by atoms with Gasteiger partial charge in [0.05, 0.1) is 12.5 Å². The number of ether oxygens (including phenoxy) is 1. The van der Waals surface area contributed by atoms with E-state index in [0.29, 0.717) is 11.4 Å². The molecular formula is C24H41N3O2S. The zero-order valence-corrected chi connectivity index (χ0v) is 20.9. The predicted molar refractivity (Wildman–Crippen MR) is 133 cm³/mol. The zero-order chi connectivity index (χ0) is 23.7. The van der Waals surface area contributed by atoms with E-state index in [2.05, 4.69) is 75.8 Å². The van der Waals surface area contributed by atoms with E-state index >= 15 is 0 Å². The average molecular weight is 436 g/mol. The number of hydrogen-bond acceptors (Lipinski definition) is 5. The third-order valence-corrected chi connectivity index (χ3v) is 4.52. The number of nitrogens with zero attached hydrogens (tertiary/aromatic N) is 1. The maximum absolute atomic E-state index is 11.2. The average Bonchev–Trinajstić information content (AvgIpc) is 2.70. The first-order valence-electron chi connectivity index (χ1n) is 10.1. The van der Waals surface area contributed by atoms with E-state index in [4.69, 9.17) is 4.74 Å². The molecule has 2 N–H and O–H groups in total. The Hall–Kier alpha value is -2.10. The van der Waals surface area contributed by atoms with E-state index in [0.717, 1.165) is 25.2 Å². The highest BCUT2D eigenvalue weighted by atomic mass is 32.1. The van der Waals surface area contributed by atoms with E-state index in [9.17, 15) is 4.79 Å². The SMILES string of the molecule is C#C.CCOCC/C(C)=C(/NC)N(C)C(C)(C)C.Cc1ccc(C(=O)NCS)cc1. The summed E-state index contributed by atoms with van der Waals surface area (Å²) in [5.74, 6) is 1.49. The van der Waals surface area contributed by atoms with Crippen LogP contribution in [-0.2, 0) is 4.74 Å². The summed E-state index contributed by atoms with van der Waals surface area (Å²) >= 11 is 3.90. The molecule has 0 bridgehead atoms. The fourth-order valence-corrected chi connectivity index (χ4v) is 2.51. The van der Waals surface area contributed by atoms with Gasteiger partial charge in [-0.3, -0.25) is 4.79 Å². The molecule has 0 aliphatic carbocycles. The minimum absolute atomic E-state index is 0.0787. The Balaban J connectivity index is 0. The summed E-state index contributed by atoms with van der Waals surface area (Å²) in [6.45, 7) is 14.4. The maximum atomic E-state index is 11.2. The summed E-state index contributed by atoms with van der Waals surface area (Å²) in [7, 11) is 4.10. The van der Waals surface area contributed by atoms with Crippen LogP contribution < -0.4 is 10.6 Å². The van der Waals surface area contributed by atoms with Crippen LogP contribution in [-0.4, -0.2) is 49.5 Å². The van der Waals surface area contributed by atoms with Gasteiger partial charge in [0.15, 0.2) is 0 Å². The summed E-state index contributed by atoms with van der Waals surface area (Å²) in [4.78, 5) is 13.5. The summed E-state index contributed by atoms with van der Waals surface area (Å²) in [6.07, 6.45) is 8.98. The van der Waals surface area contributed by atoms with E-state index in [-0.39, 0.29) is 11.4 Å². The van der Waals surface area contributed by atoms with Crippen molar-refractivity contribution in [3.05, 3.63) is 46.8 Å². The molecule has 0 saturated carbocycles. The Morgan fingerprint density at radius 3 is 2.13 bits per heavy atom. The van der Waals surface area contributed by atoms with E-state index in [1.165, 1.54) is 11.4 Å². The molecule has 0 aliphatic heterocycles. The molecule has 6 heteroatoms. The van der Waals surface area contributed by atoms with E-state index in [1.54, 1.807) is 12.1 Å². The molecule has 30 heavy (non-hydrogen) atoms. The van der Waals surface area contributed by atoms with Crippen LogP contribution in [0, 0.1) is 19.8 Å². The lowest BCUT2D eigenvalue weighted by atomic mass is 10.1. The molecule has 1 rings (SSSR count). The first-order valence-corrected chi connectivity index (χ1v) is 10.7. The minimum Gasteiger partial charge on any atom is -0.381 e. The highest BCUT2D eigenvalue weighted by Gasteiger charge is 2.20. The molecule has 1 aromatic rings. The molecule has 170 valence electrons. The fraction of sp³-hybridized carbons (Fsp3) is 0.542. The zero-order valence-electron chi connectivity index (χ0n) is 20.0. The van der Waals surface area contributed by atoms with Gasteiger partial charge < -0.3 is 20.3 Å². The van der Waals surface area contributed by atoms with Crippen LogP contribution in [0.15, 0.2) is 35.7 Å². The Bertz CT molecular complexity index is 647. The Morgan fingerprint density at radius 1 is 1.20 bits per heavy atom. The van der Waals surface area contributed by atoms with Crippen LogP contribution in [0.25, 0.3) is 0 Å². The number of amides is 1. The van der Waals surface area contributed by atoms with Gasteiger partial charge in [-0.15, -0.1) is 12.8 Å². The second-order valence-corrected chi connectivity index (χ2v) is 7.90. The van der Waals surface area contributed by atoms with Gasteiger partial charge in [0.1, 0.15) is 5.82 Å². The second kappa shape index (κ2) is 16.7. The van der Waals surface area contributed by atoms with Gasteiger partial charge in [-0.2, -0.15) is 12.6 Å². The van der Waals surface area contributed by atoms with Crippen LogP contribution in [0.2, 0.25) is 0 Å². The molecule has 0 heterocycles. The normalized spacial score (nSPS) is 11.0. The van der Waals surface area contributed by atoms with Gasteiger partial charge in [-0.1, -0.05) is 17.7 Å². The molecule has 0 aromatic heterocycles. The third kappa shape index (κ3) is 12.5. The maximum Gasteiger partial charge on any atom is 0.251 e. The third-order valence-electron chi connectivity index (χ3n) is 4.36. The van der Waals surface area contributed by atoms with Crippen LogP contribution >= 0.6 is 12.6 Å². The standard InChI is InChI=1S/C13H28N2O.C9H11NOS.C2H2/c1-8-16-10-9-11(2)12(14-6)15(7)13(3,4)5;1-7-2-4-8(5-3-7)9(11)10-6-12;1-2/h14H,8-10H2,1-7H3;2-5,12H,6H2,1H3,(H,10,11);1-2H/b12-11-;;. The van der Waals surface area contributed by atoms with Gasteiger partial charge in [0.2, 0.25) is 0 Å². The molecule has 1 amide bonds. The van der Waals surface area contributed by atoms with Crippen LogP contribution in [0.5, 0.6) is 0 Å². The van der Waals surface area contributed by atoms with Crippen molar-refractivity contribution < 1.29 is 9.53 Å². The van der Waals surface area contributed by atoms with Gasteiger partial charge in [-0.05, 0) is 65.7 Å².